The summed E-state index contributed by atoms with van der Waals surface area (Å²) < 4.78 is 50.1. The van der Waals surface area contributed by atoms with Crippen LogP contribution in [-0.4, -0.2) is 33.5 Å². The Hall–Kier alpha value is -1.08. The Labute approximate surface area is 156 Å². The second kappa shape index (κ2) is 8.74. The highest BCUT2D eigenvalue weighted by atomic mass is 31.3. The predicted octanol–water partition coefficient (Wildman–Crippen LogP) is -2.50. The molecule has 28 heavy (non-hydrogen) atoms. The Morgan fingerprint density at radius 1 is 1.39 bits per heavy atom. The van der Waals surface area contributed by atoms with Gasteiger partial charge in [-0.25, -0.2) is 9.11 Å². The number of aryl methyl sites for hydroxylation is 1. The molecule has 1 aromatic rings. The van der Waals surface area contributed by atoms with Gasteiger partial charge in [-0.3, -0.25) is 23.5 Å². The number of nitrogens with zero attached hydrogens (tertiary/aromatic N) is 1. The summed E-state index contributed by atoms with van der Waals surface area (Å²) >= 11 is 0. The highest BCUT2D eigenvalue weighted by Crippen LogP contribution is 2.58. The molecule has 2 rings (SSSR count). The maximum absolute atomic E-state index is 11.8. The van der Waals surface area contributed by atoms with Crippen molar-refractivity contribution in [1.82, 2.24) is 9.55 Å². The Morgan fingerprint density at radius 3 is 2.64 bits per heavy atom. The van der Waals surface area contributed by atoms with Crippen molar-refractivity contribution in [1.29, 1.82) is 0 Å². The van der Waals surface area contributed by atoms with Crippen LogP contribution in [0, 0.1) is 6.92 Å². The molecular weight excluding hydrogens is 449 g/mol. The molecule has 0 saturated carbocycles. The van der Waals surface area contributed by atoms with Crippen molar-refractivity contribution in [2.24, 2.45) is 0 Å². The molecule has 1 aliphatic rings. The molecule has 158 valence electrons. The van der Waals surface area contributed by atoms with Gasteiger partial charge in [-0.05, 0) is 11.5 Å². The molecule has 0 aliphatic carbocycles. The van der Waals surface area contributed by atoms with Gasteiger partial charge in [-0.15, -0.1) is 0 Å². The number of hydrogen-bond acceptors (Lipinski definition) is 13. The van der Waals surface area contributed by atoms with Gasteiger partial charge < -0.3 is 29.0 Å². The molecule has 1 aliphatic heterocycles. The van der Waals surface area contributed by atoms with E-state index in [1.165, 1.54) is 13.1 Å². The fraction of sp³-hybridized carbons (Fsp3) is 0.600. The van der Waals surface area contributed by atoms with Crippen LogP contribution in [0.4, 0.5) is 0 Å². The first-order valence-electron chi connectivity index (χ1n) is 7.27. The summed E-state index contributed by atoms with van der Waals surface area (Å²) in [6.45, 7) is 0.504. The second-order valence-electron chi connectivity index (χ2n) is 5.49. The van der Waals surface area contributed by atoms with E-state index < -0.39 is 60.2 Å². The van der Waals surface area contributed by atoms with Gasteiger partial charge in [0.1, 0.15) is 12.3 Å². The first-order valence-corrected chi connectivity index (χ1v) is 11.3. The van der Waals surface area contributed by atoms with Crippen molar-refractivity contribution in [3.05, 3.63) is 32.6 Å². The van der Waals surface area contributed by atoms with Gasteiger partial charge in [0.2, 0.25) is 0 Å². The normalized spacial score (nSPS) is 27.2. The third-order valence-electron chi connectivity index (χ3n) is 3.42. The van der Waals surface area contributed by atoms with E-state index in [0.29, 0.717) is 0 Å². The van der Waals surface area contributed by atoms with Crippen LogP contribution in [0.5, 0.6) is 0 Å². The molecule has 2 heterocycles. The molecule has 0 spiro atoms. The third kappa shape index (κ3) is 6.21. The topological polar surface area (TPSA) is 232 Å². The van der Waals surface area contributed by atoms with Crippen molar-refractivity contribution in [3.63, 3.8) is 0 Å². The Kier molecular flexibility index (Phi) is 7.24. The Bertz CT molecular complexity index is 957. The minimum absolute atomic E-state index is 0.177. The summed E-state index contributed by atoms with van der Waals surface area (Å²) in [5.41, 5.74) is -1.27. The number of phosphoric ester groups is 1. The SMILES string of the molecule is Cc1cn(C2CC(O)C(COP(=O)([O-])OP(=O)([O-])O[P+](=O)[O-])O2)c(=O)[nH]c1=O. The first kappa shape index (κ1) is 23.2. The number of aliphatic hydroxyl groups excluding tert-OH is 1. The summed E-state index contributed by atoms with van der Waals surface area (Å²) in [7, 11) is -15.3. The monoisotopic (exact) mass is 462 g/mol. The van der Waals surface area contributed by atoms with Crippen LogP contribution >= 0.6 is 23.9 Å². The van der Waals surface area contributed by atoms with E-state index in [-0.39, 0.29) is 12.0 Å². The third-order valence-corrected chi connectivity index (χ3v) is 6.82. The average Bonchev–Trinajstić information content (AvgIpc) is 2.87. The summed E-state index contributed by atoms with van der Waals surface area (Å²) in [5.74, 6) is 0. The molecular formula is C10H13N2O13P3-2. The Morgan fingerprint density at radius 2 is 2.04 bits per heavy atom. The number of rotatable bonds is 8. The van der Waals surface area contributed by atoms with Gasteiger partial charge in [0.15, 0.2) is 0 Å². The summed E-state index contributed by atoms with van der Waals surface area (Å²) in [5, 5.41) is 9.94. The van der Waals surface area contributed by atoms with Crippen LogP contribution < -0.4 is 25.9 Å². The molecule has 0 amide bonds. The van der Waals surface area contributed by atoms with Crippen LogP contribution in [0.15, 0.2) is 15.8 Å². The molecule has 1 fully saturated rings. The predicted molar refractivity (Wildman–Crippen MR) is 81.5 cm³/mol. The van der Waals surface area contributed by atoms with E-state index in [1.807, 2.05) is 4.98 Å². The number of H-pyrrole nitrogens is 1. The lowest BCUT2D eigenvalue weighted by atomic mass is 10.2. The van der Waals surface area contributed by atoms with Crippen LogP contribution in [0.2, 0.25) is 0 Å². The van der Waals surface area contributed by atoms with Crippen LogP contribution in [-0.2, 0) is 31.6 Å². The van der Waals surface area contributed by atoms with E-state index in [2.05, 4.69) is 13.1 Å². The van der Waals surface area contributed by atoms with Gasteiger partial charge in [-0.1, -0.05) is 4.31 Å². The van der Waals surface area contributed by atoms with Crippen LogP contribution in [0.3, 0.4) is 0 Å². The van der Waals surface area contributed by atoms with Gasteiger partial charge in [0.05, 0.1) is 12.7 Å². The Balaban J connectivity index is 2.02. The highest BCUT2D eigenvalue weighted by Gasteiger charge is 2.37. The molecule has 1 saturated heterocycles. The number of nitrogens with one attached hydrogen (secondary N) is 1. The molecule has 0 radical (unpaired) electrons. The molecule has 15 nitrogen and oxygen atoms in total. The minimum Gasteiger partial charge on any atom is -0.756 e. The van der Waals surface area contributed by atoms with E-state index in [1.54, 1.807) is 0 Å². The van der Waals surface area contributed by atoms with Gasteiger partial charge in [-0.2, -0.15) is 0 Å². The molecule has 6 atom stereocenters. The quantitative estimate of drug-likeness (QED) is 0.381. The number of aliphatic hydroxyl groups is 1. The van der Waals surface area contributed by atoms with E-state index in [4.69, 9.17) is 4.74 Å². The zero-order valence-electron chi connectivity index (χ0n) is 13.9. The molecule has 6 unspecified atom stereocenters. The van der Waals surface area contributed by atoms with Crippen LogP contribution in [0.1, 0.15) is 18.2 Å². The zero-order valence-corrected chi connectivity index (χ0v) is 16.5. The summed E-state index contributed by atoms with van der Waals surface area (Å²) in [6, 6.07) is 0. The average molecular weight is 462 g/mol. The van der Waals surface area contributed by atoms with Crippen molar-refractivity contribution in [3.8, 4) is 0 Å². The highest BCUT2D eigenvalue weighted by molar-refractivity contribution is 7.63. The van der Waals surface area contributed by atoms with Crippen molar-refractivity contribution < 1.29 is 51.4 Å². The maximum Gasteiger partial charge on any atom is 0.496 e. The molecule has 18 heteroatoms. The molecule has 0 aromatic carbocycles. The van der Waals surface area contributed by atoms with Crippen molar-refractivity contribution in [2.45, 2.75) is 31.8 Å². The lowest BCUT2D eigenvalue weighted by Gasteiger charge is -2.28. The van der Waals surface area contributed by atoms with Gasteiger partial charge >= 0.3 is 21.8 Å². The zero-order chi connectivity index (χ0) is 21.3. The summed E-state index contributed by atoms with van der Waals surface area (Å²) in [4.78, 5) is 57.9. The standard InChI is InChI=1S/C10H15N2O13P3/c1-5-3-12(10(15)11-9(5)14)8-2-6(13)7(23-8)4-22-27(18,19)25-28(20,21)24-26(16)17/h3,6-8,13H,2,4H2,1H3,(H,18,19)(H,20,21)(H,11,14,15)/p-2. The first-order chi connectivity index (χ1) is 12.8. The second-order valence-corrected chi connectivity index (χ2v) is 9.29. The number of ether oxygens (including phenoxy) is 1. The minimum atomic E-state index is -5.75. The fourth-order valence-electron chi connectivity index (χ4n) is 2.24. The molecule has 1 aromatic heterocycles. The van der Waals surface area contributed by atoms with E-state index >= 15 is 0 Å². The van der Waals surface area contributed by atoms with Gasteiger partial charge in [0.25, 0.3) is 13.4 Å². The number of aromatic amines is 1. The number of phosphoric acid groups is 2. The fourth-order valence-corrected chi connectivity index (χ4v) is 4.78. The maximum atomic E-state index is 11.8. The van der Waals surface area contributed by atoms with Crippen molar-refractivity contribution >= 4 is 23.9 Å². The smallest absolute Gasteiger partial charge is 0.496 e. The van der Waals surface area contributed by atoms with E-state index in [9.17, 15) is 43.1 Å². The van der Waals surface area contributed by atoms with Gasteiger partial charge in [0, 0.05) is 18.2 Å². The largest absolute Gasteiger partial charge is 0.756 e. The molecule has 2 N–H and O–H groups in total. The lowest BCUT2D eigenvalue weighted by molar-refractivity contribution is -0.244. The van der Waals surface area contributed by atoms with Crippen LogP contribution in [0.25, 0.3) is 0 Å². The van der Waals surface area contributed by atoms with Crippen molar-refractivity contribution in [2.75, 3.05) is 6.61 Å². The molecule has 0 bridgehead atoms. The lowest BCUT2D eigenvalue weighted by Crippen LogP contribution is -2.33. The van der Waals surface area contributed by atoms with E-state index in [0.717, 1.165) is 4.57 Å². The summed E-state index contributed by atoms with van der Waals surface area (Å²) in [6.07, 6.45) is -2.72. The number of hydrogen-bond donors (Lipinski definition) is 2. The number of aromatic nitrogens is 2.